The standard InChI is InChI=1S/C9H10FNO3/c10-7-1-2-8-9(6(7)5-11-12)14-4-3-13-8/h1-2,11-12H,3-5H2. The highest BCUT2D eigenvalue weighted by molar-refractivity contribution is 5.48. The van der Waals surface area contributed by atoms with E-state index in [0.717, 1.165) is 0 Å². The van der Waals surface area contributed by atoms with E-state index in [2.05, 4.69) is 0 Å². The summed E-state index contributed by atoms with van der Waals surface area (Å²) in [6.07, 6.45) is 0. The van der Waals surface area contributed by atoms with Crippen LogP contribution < -0.4 is 15.0 Å². The molecule has 0 spiro atoms. The SMILES string of the molecule is ONCc1c(F)ccc2c1OCCO2. The van der Waals surface area contributed by atoms with Crippen LogP contribution in [0, 0.1) is 5.82 Å². The van der Waals surface area contributed by atoms with Gasteiger partial charge in [-0.3, -0.25) is 0 Å². The van der Waals surface area contributed by atoms with Crippen LogP contribution in [0.25, 0.3) is 0 Å². The Balaban J connectivity index is 2.43. The first kappa shape index (κ1) is 9.23. The first-order valence-corrected chi connectivity index (χ1v) is 4.27. The van der Waals surface area contributed by atoms with E-state index in [-0.39, 0.29) is 12.1 Å². The predicted molar refractivity (Wildman–Crippen MR) is 46.0 cm³/mol. The second-order valence-corrected chi connectivity index (χ2v) is 2.89. The molecule has 14 heavy (non-hydrogen) atoms. The highest BCUT2D eigenvalue weighted by Gasteiger charge is 2.18. The van der Waals surface area contributed by atoms with Crippen LogP contribution >= 0.6 is 0 Å². The molecule has 0 amide bonds. The van der Waals surface area contributed by atoms with Crippen molar-refractivity contribution in [2.24, 2.45) is 0 Å². The maximum atomic E-state index is 13.3. The number of ether oxygens (including phenoxy) is 2. The minimum Gasteiger partial charge on any atom is -0.486 e. The summed E-state index contributed by atoms with van der Waals surface area (Å²) in [4.78, 5) is 0. The number of fused-ring (bicyclic) bond motifs is 1. The van der Waals surface area contributed by atoms with Gasteiger partial charge < -0.3 is 14.7 Å². The normalized spacial score (nSPS) is 14.1. The number of nitrogens with one attached hydrogen (secondary N) is 1. The number of hydrogen-bond donors (Lipinski definition) is 2. The van der Waals surface area contributed by atoms with Gasteiger partial charge in [0.25, 0.3) is 0 Å². The number of hydrogen-bond acceptors (Lipinski definition) is 4. The van der Waals surface area contributed by atoms with E-state index in [1.54, 1.807) is 0 Å². The molecule has 4 nitrogen and oxygen atoms in total. The Kier molecular flexibility index (Phi) is 2.51. The van der Waals surface area contributed by atoms with E-state index in [9.17, 15) is 4.39 Å². The topological polar surface area (TPSA) is 50.7 Å². The maximum absolute atomic E-state index is 13.3. The van der Waals surface area contributed by atoms with Crippen LogP contribution in [0.15, 0.2) is 12.1 Å². The summed E-state index contributed by atoms with van der Waals surface area (Å²) in [7, 11) is 0. The van der Waals surface area contributed by atoms with Gasteiger partial charge >= 0.3 is 0 Å². The minimum atomic E-state index is -0.421. The van der Waals surface area contributed by atoms with E-state index in [1.807, 2.05) is 5.48 Å². The molecular weight excluding hydrogens is 189 g/mol. The second kappa shape index (κ2) is 3.81. The summed E-state index contributed by atoms with van der Waals surface area (Å²) < 4.78 is 23.8. The van der Waals surface area contributed by atoms with Gasteiger partial charge in [-0.25, -0.2) is 9.87 Å². The predicted octanol–water partition coefficient (Wildman–Crippen LogP) is 1.08. The van der Waals surface area contributed by atoms with Crippen LogP contribution in [0.2, 0.25) is 0 Å². The average Bonchev–Trinajstić information content (AvgIpc) is 2.23. The lowest BCUT2D eigenvalue weighted by molar-refractivity contribution is 0.148. The van der Waals surface area contributed by atoms with Crippen molar-refractivity contribution in [3.05, 3.63) is 23.5 Å². The zero-order chi connectivity index (χ0) is 9.97. The fourth-order valence-corrected chi connectivity index (χ4v) is 1.39. The van der Waals surface area contributed by atoms with Gasteiger partial charge in [-0.05, 0) is 12.1 Å². The van der Waals surface area contributed by atoms with Crippen molar-refractivity contribution in [1.82, 2.24) is 5.48 Å². The van der Waals surface area contributed by atoms with Gasteiger partial charge in [-0.15, -0.1) is 0 Å². The van der Waals surface area contributed by atoms with Crippen molar-refractivity contribution < 1.29 is 19.1 Å². The van der Waals surface area contributed by atoms with Gasteiger partial charge in [0.1, 0.15) is 19.0 Å². The second-order valence-electron chi connectivity index (χ2n) is 2.89. The first-order chi connectivity index (χ1) is 6.83. The molecule has 0 bridgehead atoms. The van der Waals surface area contributed by atoms with Crippen LogP contribution in [0.4, 0.5) is 4.39 Å². The zero-order valence-corrected chi connectivity index (χ0v) is 7.42. The van der Waals surface area contributed by atoms with E-state index in [0.29, 0.717) is 24.7 Å². The molecule has 0 aliphatic carbocycles. The largest absolute Gasteiger partial charge is 0.486 e. The monoisotopic (exact) mass is 199 g/mol. The van der Waals surface area contributed by atoms with Crippen LogP contribution in [-0.2, 0) is 6.54 Å². The molecule has 76 valence electrons. The summed E-state index contributed by atoms with van der Waals surface area (Å²) >= 11 is 0. The molecule has 0 atom stereocenters. The molecule has 1 aromatic carbocycles. The molecule has 1 heterocycles. The van der Waals surface area contributed by atoms with E-state index < -0.39 is 5.82 Å². The molecule has 1 aliphatic heterocycles. The van der Waals surface area contributed by atoms with Crippen molar-refractivity contribution in [2.45, 2.75) is 6.54 Å². The van der Waals surface area contributed by atoms with Crippen molar-refractivity contribution in [3.63, 3.8) is 0 Å². The Morgan fingerprint density at radius 3 is 2.93 bits per heavy atom. The van der Waals surface area contributed by atoms with Gasteiger partial charge in [0.15, 0.2) is 11.5 Å². The fourth-order valence-electron chi connectivity index (χ4n) is 1.39. The zero-order valence-electron chi connectivity index (χ0n) is 7.42. The van der Waals surface area contributed by atoms with Gasteiger partial charge in [-0.2, -0.15) is 0 Å². The molecule has 0 saturated carbocycles. The lowest BCUT2D eigenvalue weighted by Crippen LogP contribution is -2.19. The van der Waals surface area contributed by atoms with Crippen LogP contribution in [-0.4, -0.2) is 18.4 Å². The Morgan fingerprint density at radius 2 is 2.14 bits per heavy atom. The van der Waals surface area contributed by atoms with Crippen LogP contribution in [0.1, 0.15) is 5.56 Å². The molecule has 0 unspecified atom stereocenters. The van der Waals surface area contributed by atoms with E-state index in [4.69, 9.17) is 14.7 Å². The highest BCUT2D eigenvalue weighted by atomic mass is 19.1. The van der Waals surface area contributed by atoms with Gasteiger partial charge in [0.2, 0.25) is 0 Å². The van der Waals surface area contributed by atoms with E-state index >= 15 is 0 Å². The van der Waals surface area contributed by atoms with Gasteiger partial charge in [0, 0.05) is 5.56 Å². The van der Waals surface area contributed by atoms with Crippen LogP contribution in [0.3, 0.4) is 0 Å². The number of hydroxylamine groups is 1. The molecule has 1 aliphatic rings. The first-order valence-electron chi connectivity index (χ1n) is 4.27. The Bertz CT molecular complexity index is 343. The van der Waals surface area contributed by atoms with Crippen molar-refractivity contribution in [2.75, 3.05) is 13.2 Å². The fraction of sp³-hybridized carbons (Fsp3) is 0.333. The average molecular weight is 199 g/mol. The maximum Gasteiger partial charge on any atom is 0.168 e. The summed E-state index contributed by atoms with van der Waals surface area (Å²) in [6.45, 7) is 0.859. The quantitative estimate of drug-likeness (QED) is 0.700. The molecule has 0 saturated heterocycles. The lowest BCUT2D eigenvalue weighted by Gasteiger charge is -2.21. The summed E-state index contributed by atoms with van der Waals surface area (Å²) in [6, 6.07) is 2.81. The molecule has 0 radical (unpaired) electrons. The molecule has 5 heteroatoms. The third-order valence-electron chi connectivity index (χ3n) is 2.01. The molecule has 0 aromatic heterocycles. The highest BCUT2D eigenvalue weighted by Crippen LogP contribution is 2.35. The summed E-state index contributed by atoms with van der Waals surface area (Å²) in [5.74, 6) is 0.469. The van der Waals surface area contributed by atoms with Gasteiger partial charge in [0.05, 0.1) is 6.54 Å². The Hall–Kier alpha value is -1.33. The minimum absolute atomic E-state index is 0.00162. The molecule has 2 N–H and O–H groups in total. The Morgan fingerprint density at radius 1 is 1.36 bits per heavy atom. The van der Waals surface area contributed by atoms with Crippen LogP contribution in [0.5, 0.6) is 11.5 Å². The molecule has 0 fully saturated rings. The third kappa shape index (κ3) is 1.51. The molecular formula is C9H10FNO3. The number of rotatable bonds is 2. The van der Waals surface area contributed by atoms with Crippen molar-refractivity contribution >= 4 is 0 Å². The van der Waals surface area contributed by atoms with Crippen molar-refractivity contribution in [1.29, 1.82) is 0 Å². The van der Waals surface area contributed by atoms with Crippen molar-refractivity contribution in [3.8, 4) is 11.5 Å². The smallest absolute Gasteiger partial charge is 0.168 e. The third-order valence-corrected chi connectivity index (χ3v) is 2.01. The van der Waals surface area contributed by atoms with Gasteiger partial charge in [-0.1, -0.05) is 0 Å². The Labute approximate surface area is 80.2 Å². The summed E-state index contributed by atoms with van der Waals surface area (Å²) in [5.41, 5.74) is 2.18. The number of benzene rings is 1. The molecule has 1 aromatic rings. The van der Waals surface area contributed by atoms with E-state index in [1.165, 1.54) is 12.1 Å². The summed E-state index contributed by atoms with van der Waals surface area (Å²) in [5, 5.41) is 8.53. The number of halogens is 1. The molecule has 2 rings (SSSR count). The lowest BCUT2D eigenvalue weighted by atomic mass is 10.1.